The maximum atomic E-state index is 11.7. The van der Waals surface area contributed by atoms with Gasteiger partial charge in [0.2, 0.25) is 11.8 Å². The molecule has 1 aliphatic rings. The average Bonchev–Trinajstić information content (AvgIpc) is 2.38. The average molecular weight is 276 g/mol. The van der Waals surface area contributed by atoms with Gasteiger partial charge in [-0.2, -0.15) is 0 Å². The summed E-state index contributed by atoms with van der Waals surface area (Å²) in [7, 11) is 0. The van der Waals surface area contributed by atoms with Gasteiger partial charge in [0.05, 0.1) is 17.9 Å². The second kappa shape index (κ2) is 5.52. The number of urea groups is 1. The lowest BCUT2D eigenvalue weighted by Crippen LogP contribution is -2.52. The molecule has 0 atom stereocenters. The van der Waals surface area contributed by atoms with Crippen LogP contribution in [0.25, 0.3) is 0 Å². The van der Waals surface area contributed by atoms with Crippen LogP contribution in [0.2, 0.25) is 0 Å². The third-order valence-electron chi connectivity index (χ3n) is 2.65. The van der Waals surface area contributed by atoms with Crippen molar-refractivity contribution in [3.8, 4) is 0 Å². The maximum Gasteiger partial charge on any atom is 0.338 e. The van der Waals surface area contributed by atoms with E-state index in [4.69, 9.17) is 4.74 Å². The standard InChI is InChI=1S/C13H12N2O5/c1-2-20-12(18)8-3-5-9(6-4-8)15-11(17)7-10(16)14-13(15)19/h3-6H,2,7H2,1H3,(H,14,16,19). The molecular weight excluding hydrogens is 264 g/mol. The number of hydrogen-bond acceptors (Lipinski definition) is 5. The summed E-state index contributed by atoms with van der Waals surface area (Å²) >= 11 is 0. The first-order valence-corrected chi connectivity index (χ1v) is 5.97. The van der Waals surface area contributed by atoms with Crippen LogP contribution in [0.15, 0.2) is 24.3 Å². The number of carbonyl (C=O) groups is 4. The normalized spacial score (nSPS) is 15.1. The second-order valence-corrected chi connectivity index (χ2v) is 4.03. The Balaban J connectivity index is 2.21. The fraction of sp³-hybridized carbons (Fsp3) is 0.231. The van der Waals surface area contributed by atoms with Gasteiger partial charge in [0.25, 0.3) is 0 Å². The summed E-state index contributed by atoms with van der Waals surface area (Å²) < 4.78 is 4.83. The monoisotopic (exact) mass is 276 g/mol. The fourth-order valence-corrected chi connectivity index (χ4v) is 1.77. The molecule has 0 aromatic heterocycles. The first-order valence-electron chi connectivity index (χ1n) is 5.97. The number of amides is 4. The lowest BCUT2D eigenvalue weighted by Gasteiger charge is -2.24. The molecule has 1 aromatic rings. The van der Waals surface area contributed by atoms with E-state index in [-0.39, 0.29) is 18.7 Å². The largest absolute Gasteiger partial charge is 0.462 e. The smallest absolute Gasteiger partial charge is 0.338 e. The predicted octanol–water partition coefficient (Wildman–Crippen LogP) is 0.836. The zero-order valence-corrected chi connectivity index (χ0v) is 10.7. The molecule has 0 spiro atoms. The fourth-order valence-electron chi connectivity index (χ4n) is 1.77. The van der Waals surface area contributed by atoms with Crippen molar-refractivity contribution >= 4 is 29.5 Å². The third-order valence-corrected chi connectivity index (χ3v) is 2.65. The van der Waals surface area contributed by atoms with Crippen molar-refractivity contribution in [1.82, 2.24) is 5.32 Å². The summed E-state index contributed by atoms with van der Waals surface area (Å²) in [5.41, 5.74) is 0.601. The Morgan fingerprint density at radius 2 is 1.90 bits per heavy atom. The minimum absolute atomic E-state index is 0.260. The highest BCUT2D eigenvalue weighted by Gasteiger charge is 2.31. The van der Waals surface area contributed by atoms with Gasteiger partial charge in [-0.05, 0) is 31.2 Å². The molecule has 20 heavy (non-hydrogen) atoms. The lowest BCUT2D eigenvalue weighted by molar-refractivity contribution is -0.128. The van der Waals surface area contributed by atoms with Gasteiger partial charge in [-0.1, -0.05) is 0 Å². The molecule has 104 valence electrons. The van der Waals surface area contributed by atoms with E-state index in [1.54, 1.807) is 6.92 Å². The van der Waals surface area contributed by atoms with Gasteiger partial charge in [-0.15, -0.1) is 0 Å². The number of barbiturate groups is 1. The number of nitrogens with zero attached hydrogens (tertiary/aromatic N) is 1. The molecule has 4 amide bonds. The quantitative estimate of drug-likeness (QED) is 0.652. The number of rotatable bonds is 3. The predicted molar refractivity (Wildman–Crippen MR) is 68.0 cm³/mol. The van der Waals surface area contributed by atoms with Gasteiger partial charge in [0.15, 0.2) is 0 Å². The van der Waals surface area contributed by atoms with Crippen molar-refractivity contribution in [2.75, 3.05) is 11.5 Å². The number of esters is 1. The van der Waals surface area contributed by atoms with Crippen molar-refractivity contribution in [3.63, 3.8) is 0 Å². The highest BCUT2D eigenvalue weighted by molar-refractivity contribution is 6.26. The van der Waals surface area contributed by atoms with E-state index in [1.165, 1.54) is 24.3 Å². The molecule has 1 aliphatic heterocycles. The molecule has 1 fully saturated rings. The Morgan fingerprint density at radius 1 is 1.25 bits per heavy atom. The van der Waals surface area contributed by atoms with Crippen LogP contribution in [0.5, 0.6) is 0 Å². The number of nitrogens with one attached hydrogen (secondary N) is 1. The molecule has 1 N–H and O–H groups in total. The molecule has 1 heterocycles. The Bertz CT molecular complexity index is 559. The minimum Gasteiger partial charge on any atom is -0.462 e. The van der Waals surface area contributed by atoms with Crippen LogP contribution in [-0.2, 0) is 14.3 Å². The molecule has 7 heteroatoms. The summed E-state index contributed by atoms with van der Waals surface area (Å²) in [6, 6.07) is 4.99. The molecule has 0 radical (unpaired) electrons. The van der Waals surface area contributed by atoms with Crippen molar-refractivity contribution < 1.29 is 23.9 Å². The van der Waals surface area contributed by atoms with E-state index in [0.717, 1.165) is 4.90 Å². The Morgan fingerprint density at radius 3 is 2.45 bits per heavy atom. The van der Waals surface area contributed by atoms with Crippen LogP contribution in [0.3, 0.4) is 0 Å². The molecule has 7 nitrogen and oxygen atoms in total. The van der Waals surface area contributed by atoms with E-state index < -0.39 is 23.8 Å². The van der Waals surface area contributed by atoms with Crippen molar-refractivity contribution in [2.24, 2.45) is 0 Å². The first-order chi connectivity index (χ1) is 9.52. The van der Waals surface area contributed by atoms with Gasteiger partial charge in [0, 0.05) is 0 Å². The van der Waals surface area contributed by atoms with E-state index in [9.17, 15) is 19.2 Å². The molecule has 2 rings (SSSR count). The van der Waals surface area contributed by atoms with Gasteiger partial charge in [0.1, 0.15) is 6.42 Å². The number of anilines is 1. The molecule has 0 aliphatic carbocycles. The Kier molecular flexibility index (Phi) is 3.79. The highest BCUT2D eigenvalue weighted by Crippen LogP contribution is 2.19. The lowest BCUT2D eigenvalue weighted by atomic mass is 10.2. The second-order valence-electron chi connectivity index (χ2n) is 4.03. The van der Waals surface area contributed by atoms with E-state index >= 15 is 0 Å². The van der Waals surface area contributed by atoms with Crippen molar-refractivity contribution in [2.45, 2.75) is 13.3 Å². The molecule has 1 saturated heterocycles. The summed E-state index contributed by atoms with van der Waals surface area (Å²) in [6.45, 7) is 1.95. The van der Waals surface area contributed by atoms with Gasteiger partial charge >= 0.3 is 12.0 Å². The topological polar surface area (TPSA) is 92.8 Å². The minimum atomic E-state index is -0.796. The summed E-state index contributed by atoms with van der Waals surface area (Å²) in [5, 5.41) is 2.05. The zero-order valence-electron chi connectivity index (χ0n) is 10.7. The van der Waals surface area contributed by atoms with Crippen LogP contribution in [0.1, 0.15) is 23.7 Å². The molecule has 0 bridgehead atoms. The number of benzene rings is 1. The summed E-state index contributed by atoms with van der Waals surface area (Å²) in [4.78, 5) is 46.7. The van der Waals surface area contributed by atoms with Crippen LogP contribution in [-0.4, -0.2) is 30.4 Å². The number of carbonyl (C=O) groups excluding carboxylic acids is 4. The Hall–Kier alpha value is -2.70. The number of hydrogen-bond donors (Lipinski definition) is 1. The van der Waals surface area contributed by atoms with Gasteiger partial charge in [-0.3, -0.25) is 14.9 Å². The summed E-state index contributed by atoms with van der Waals surface area (Å²) in [6.07, 6.45) is -0.384. The number of ether oxygens (including phenoxy) is 1. The van der Waals surface area contributed by atoms with Crippen LogP contribution >= 0.6 is 0 Å². The SMILES string of the molecule is CCOC(=O)c1ccc(N2C(=O)CC(=O)NC2=O)cc1. The van der Waals surface area contributed by atoms with Gasteiger partial charge in [-0.25, -0.2) is 14.5 Å². The van der Waals surface area contributed by atoms with E-state index in [2.05, 4.69) is 5.32 Å². The van der Waals surface area contributed by atoms with E-state index in [0.29, 0.717) is 5.56 Å². The molecule has 0 unspecified atom stereocenters. The highest BCUT2D eigenvalue weighted by atomic mass is 16.5. The zero-order chi connectivity index (χ0) is 14.7. The van der Waals surface area contributed by atoms with Crippen molar-refractivity contribution in [3.05, 3.63) is 29.8 Å². The number of imide groups is 2. The Labute approximate surface area is 114 Å². The molecular formula is C13H12N2O5. The molecule has 0 saturated carbocycles. The van der Waals surface area contributed by atoms with Crippen molar-refractivity contribution in [1.29, 1.82) is 0 Å². The van der Waals surface area contributed by atoms with Crippen LogP contribution in [0, 0.1) is 0 Å². The third kappa shape index (κ3) is 2.66. The summed E-state index contributed by atoms with van der Waals surface area (Å²) in [5.74, 6) is -1.72. The van der Waals surface area contributed by atoms with Gasteiger partial charge < -0.3 is 4.74 Å². The van der Waals surface area contributed by atoms with E-state index in [1.807, 2.05) is 0 Å². The van der Waals surface area contributed by atoms with Crippen LogP contribution in [0.4, 0.5) is 10.5 Å². The maximum absolute atomic E-state index is 11.7. The first kappa shape index (κ1) is 13.7. The molecule has 1 aromatic carbocycles. The van der Waals surface area contributed by atoms with Crippen LogP contribution < -0.4 is 10.2 Å².